The number of carbonyl (C=O) groups excluding carboxylic acids is 1. The number of benzene rings is 1. The Labute approximate surface area is 156 Å². The lowest BCUT2D eigenvalue weighted by Gasteiger charge is -2.35. The fourth-order valence-corrected chi connectivity index (χ4v) is 3.34. The molecule has 0 spiro atoms. The Bertz CT molecular complexity index is 948. The summed E-state index contributed by atoms with van der Waals surface area (Å²) >= 11 is 0. The van der Waals surface area contributed by atoms with Crippen molar-refractivity contribution in [2.45, 2.75) is 6.92 Å². The van der Waals surface area contributed by atoms with Crippen LogP contribution in [0, 0.1) is 12.7 Å². The molecule has 0 N–H and O–H groups in total. The van der Waals surface area contributed by atoms with E-state index in [1.165, 1.54) is 16.9 Å². The van der Waals surface area contributed by atoms with Gasteiger partial charge in [0.05, 0.1) is 17.5 Å². The first kappa shape index (κ1) is 17.2. The number of para-hydroxylation sites is 1. The van der Waals surface area contributed by atoms with E-state index in [1.807, 2.05) is 23.1 Å². The summed E-state index contributed by atoms with van der Waals surface area (Å²) in [5.41, 5.74) is 1.48. The summed E-state index contributed by atoms with van der Waals surface area (Å²) in [5.74, 6) is 0.482. The number of halogens is 1. The zero-order valence-corrected chi connectivity index (χ0v) is 15.0. The van der Waals surface area contributed by atoms with Gasteiger partial charge in [0.15, 0.2) is 0 Å². The molecule has 3 heterocycles. The number of amides is 1. The van der Waals surface area contributed by atoms with Crippen LogP contribution in [0.15, 0.2) is 54.9 Å². The summed E-state index contributed by atoms with van der Waals surface area (Å²) in [7, 11) is 0. The maximum Gasteiger partial charge on any atom is 0.257 e. The van der Waals surface area contributed by atoms with Gasteiger partial charge in [0, 0.05) is 32.4 Å². The molecular weight excluding hydrogens is 345 g/mol. The van der Waals surface area contributed by atoms with Gasteiger partial charge >= 0.3 is 0 Å². The molecule has 1 amide bonds. The molecule has 2 aromatic heterocycles. The van der Waals surface area contributed by atoms with E-state index in [1.54, 1.807) is 31.3 Å². The first-order valence-corrected chi connectivity index (χ1v) is 8.90. The molecule has 0 radical (unpaired) electrons. The molecule has 0 bridgehead atoms. The topological polar surface area (TPSA) is 54.3 Å². The Morgan fingerprint density at radius 2 is 1.78 bits per heavy atom. The number of pyridine rings is 1. The zero-order chi connectivity index (χ0) is 18.8. The van der Waals surface area contributed by atoms with Crippen molar-refractivity contribution in [3.63, 3.8) is 0 Å². The monoisotopic (exact) mass is 365 g/mol. The average molecular weight is 365 g/mol. The van der Waals surface area contributed by atoms with E-state index < -0.39 is 0 Å². The van der Waals surface area contributed by atoms with E-state index in [0.717, 1.165) is 18.9 Å². The molecule has 1 fully saturated rings. The molecule has 0 aliphatic carbocycles. The molecule has 4 rings (SSSR count). The third kappa shape index (κ3) is 3.28. The van der Waals surface area contributed by atoms with Gasteiger partial charge in [-0.15, -0.1) is 0 Å². The molecule has 6 nitrogen and oxygen atoms in total. The molecular formula is C20H20FN5O. The minimum absolute atomic E-state index is 0.0734. The van der Waals surface area contributed by atoms with E-state index >= 15 is 0 Å². The van der Waals surface area contributed by atoms with Gasteiger partial charge in [0.25, 0.3) is 5.91 Å². The number of anilines is 1. The van der Waals surface area contributed by atoms with E-state index in [4.69, 9.17) is 0 Å². The van der Waals surface area contributed by atoms with E-state index in [-0.39, 0.29) is 11.7 Å². The summed E-state index contributed by atoms with van der Waals surface area (Å²) in [6, 6.07) is 12.2. The number of hydrogen-bond donors (Lipinski definition) is 0. The highest BCUT2D eigenvalue weighted by atomic mass is 19.1. The van der Waals surface area contributed by atoms with Crippen LogP contribution in [0.2, 0.25) is 0 Å². The summed E-state index contributed by atoms with van der Waals surface area (Å²) in [6.45, 7) is 4.46. The van der Waals surface area contributed by atoms with Crippen LogP contribution in [0.3, 0.4) is 0 Å². The largest absolute Gasteiger partial charge is 0.353 e. The van der Waals surface area contributed by atoms with Gasteiger partial charge in [0.1, 0.15) is 17.3 Å². The Morgan fingerprint density at radius 3 is 2.48 bits per heavy atom. The van der Waals surface area contributed by atoms with Crippen molar-refractivity contribution in [2.75, 3.05) is 31.1 Å². The van der Waals surface area contributed by atoms with Crippen LogP contribution in [0.1, 0.15) is 16.1 Å². The highest BCUT2D eigenvalue weighted by Gasteiger charge is 2.25. The fourth-order valence-electron chi connectivity index (χ4n) is 3.34. The molecule has 27 heavy (non-hydrogen) atoms. The molecule has 0 saturated carbocycles. The van der Waals surface area contributed by atoms with Crippen molar-refractivity contribution in [3.05, 3.63) is 71.9 Å². The molecule has 7 heteroatoms. The third-order valence-corrected chi connectivity index (χ3v) is 4.86. The first-order valence-electron chi connectivity index (χ1n) is 8.90. The first-order chi connectivity index (χ1) is 13.1. The average Bonchev–Trinajstić information content (AvgIpc) is 3.10. The lowest BCUT2D eigenvalue weighted by Crippen LogP contribution is -2.49. The van der Waals surface area contributed by atoms with Gasteiger partial charge in [-0.2, -0.15) is 5.10 Å². The Kier molecular flexibility index (Phi) is 4.58. The maximum absolute atomic E-state index is 14.1. The molecule has 1 aliphatic heterocycles. The Hall–Kier alpha value is -3.22. The Balaban J connectivity index is 1.49. The minimum atomic E-state index is -0.369. The zero-order valence-electron chi connectivity index (χ0n) is 15.0. The van der Waals surface area contributed by atoms with Crippen molar-refractivity contribution in [2.24, 2.45) is 0 Å². The lowest BCUT2D eigenvalue weighted by atomic mass is 10.2. The molecule has 0 atom stereocenters. The van der Waals surface area contributed by atoms with Gasteiger partial charge < -0.3 is 9.80 Å². The second-order valence-electron chi connectivity index (χ2n) is 6.47. The van der Waals surface area contributed by atoms with Crippen molar-refractivity contribution in [1.29, 1.82) is 0 Å². The highest BCUT2D eigenvalue weighted by Crippen LogP contribution is 2.20. The van der Waals surface area contributed by atoms with Crippen LogP contribution in [0.25, 0.3) is 5.69 Å². The predicted molar refractivity (Wildman–Crippen MR) is 101 cm³/mol. The molecule has 3 aromatic rings. The summed E-state index contributed by atoms with van der Waals surface area (Å²) in [6.07, 6.45) is 3.29. The van der Waals surface area contributed by atoms with Crippen LogP contribution < -0.4 is 4.90 Å². The van der Waals surface area contributed by atoms with Crippen molar-refractivity contribution >= 4 is 11.7 Å². The van der Waals surface area contributed by atoms with Crippen molar-refractivity contribution in [1.82, 2.24) is 19.7 Å². The summed E-state index contributed by atoms with van der Waals surface area (Å²) in [5, 5.41) is 4.23. The minimum Gasteiger partial charge on any atom is -0.353 e. The number of hydrogen-bond acceptors (Lipinski definition) is 4. The van der Waals surface area contributed by atoms with Crippen molar-refractivity contribution < 1.29 is 9.18 Å². The van der Waals surface area contributed by atoms with Crippen LogP contribution in [-0.2, 0) is 0 Å². The van der Waals surface area contributed by atoms with Gasteiger partial charge in [-0.3, -0.25) is 4.79 Å². The number of carbonyl (C=O) groups is 1. The molecule has 138 valence electrons. The van der Waals surface area contributed by atoms with Crippen LogP contribution >= 0.6 is 0 Å². The number of piperazine rings is 1. The number of nitrogens with zero attached hydrogens (tertiary/aromatic N) is 5. The lowest BCUT2D eigenvalue weighted by molar-refractivity contribution is 0.0745. The number of aromatic nitrogens is 3. The second kappa shape index (κ2) is 7.19. The third-order valence-electron chi connectivity index (χ3n) is 4.86. The maximum atomic E-state index is 14.1. The van der Waals surface area contributed by atoms with Gasteiger partial charge in [-0.25, -0.2) is 14.1 Å². The molecule has 1 aliphatic rings. The van der Waals surface area contributed by atoms with E-state index in [0.29, 0.717) is 30.0 Å². The predicted octanol–water partition coefficient (Wildman–Crippen LogP) is 2.68. The van der Waals surface area contributed by atoms with Gasteiger partial charge in [-0.05, 0) is 31.2 Å². The second-order valence-corrected chi connectivity index (χ2v) is 6.47. The molecule has 1 saturated heterocycles. The molecule has 1 aromatic carbocycles. The summed E-state index contributed by atoms with van der Waals surface area (Å²) < 4.78 is 15.5. The fraction of sp³-hybridized carbons (Fsp3) is 0.250. The number of rotatable bonds is 3. The van der Waals surface area contributed by atoms with Crippen LogP contribution in [0.4, 0.5) is 10.2 Å². The van der Waals surface area contributed by atoms with Crippen LogP contribution in [-0.4, -0.2) is 51.8 Å². The quantitative estimate of drug-likeness (QED) is 0.716. The highest BCUT2D eigenvalue weighted by molar-refractivity contribution is 5.95. The Morgan fingerprint density at radius 1 is 1.04 bits per heavy atom. The van der Waals surface area contributed by atoms with E-state index in [2.05, 4.69) is 15.0 Å². The smallest absolute Gasteiger partial charge is 0.257 e. The molecule has 0 unspecified atom stereocenters. The van der Waals surface area contributed by atoms with Crippen molar-refractivity contribution in [3.8, 4) is 5.69 Å². The SMILES string of the molecule is Cc1c(C(=O)N2CCN(c3ccccn3)CC2)cnn1-c1ccccc1F. The summed E-state index contributed by atoms with van der Waals surface area (Å²) in [4.78, 5) is 21.3. The van der Waals surface area contributed by atoms with Gasteiger partial charge in [-0.1, -0.05) is 18.2 Å². The normalized spacial score (nSPS) is 14.4. The van der Waals surface area contributed by atoms with E-state index in [9.17, 15) is 9.18 Å². The van der Waals surface area contributed by atoms with Gasteiger partial charge in [0.2, 0.25) is 0 Å². The standard InChI is InChI=1S/C20H20FN5O/c1-15-16(14-23-26(15)18-7-3-2-6-17(18)21)20(27)25-12-10-24(11-13-25)19-8-4-5-9-22-19/h2-9,14H,10-13H2,1H3. The van der Waals surface area contributed by atoms with Crippen LogP contribution in [0.5, 0.6) is 0 Å².